The molecule has 0 bridgehead atoms. The van der Waals surface area contributed by atoms with Gasteiger partial charge in [0.1, 0.15) is 5.75 Å². The molecular formula is C12H11BrN2O5. The van der Waals surface area contributed by atoms with Crippen LogP contribution in [0.1, 0.15) is 18.4 Å². The van der Waals surface area contributed by atoms with E-state index in [4.69, 9.17) is 14.7 Å². The molecule has 1 aromatic rings. The number of methoxy groups -OCH3 is 1. The first kappa shape index (κ1) is 15.9. The van der Waals surface area contributed by atoms with Gasteiger partial charge in [0.05, 0.1) is 35.2 Å². The fourth-order valence-corrected chi connectivity index (χ4v) is 2.08. The van der Waals surface area contributed by atoms with Crippen LogP contribution in [0.15, 0.2) is 16.6 Å². The molecule has 0 radical (unpaired) electrons. The quantitative estimate of drug-likeness (QED) is 0.462. The van der Waals surface area contributed by atoms with E-state index >= 15 is 0 Å². The highest BCUT2D eigenvalue weighted by molar-refractivity contribution is 9.10. The number of halogens is 1. The van der Waals surface area contributed by atoms with Gasteiger partial charge in [0.2, 0.25) is 0 Å². The normalized spacial score (nSPS) is 11.3. The SMILES string of the molecule is CCOC(=O)C(C#N)c1cc(Br)c([N+](=O)[O-])cc1OC. The van der Waals surface area contributed by atoms with E-state index in [1.807, 2.05) is 6.07 Å². The smallest absolute Gasteiger partial charge is 0.328 e. The first-order valence-corrected chi connectivity index (χ1v) is 6.33. The third-order valence-corrected chi connectivity index (χ3v) is 3.09. The Bertz CT molecular complexity index is 582. The Hall–Kier alpha value is -2.14. The minimum atomic E-state index is -1.21. The van der Waals surface area contributed by atoms with Crippen LogP contribution in [0.25, 0.3) is 0 Å². The highest BCUT2D eigenvalue weighted by atomic mass is 79.9. The number of rotatable bonds is 5. The fraction of sp³-hybridized carbons (Fsp3) is 0.333. The van der Waals surface area contributed by atoms with Crippen LogP contribution in [0, 0.1) is 21.4 Å². The average Bonchev–Trinajstić information content (AvgIpc) is 2.39. The van der Waals surface area contributed by atoms with Crippen LogP contribution >= 0.6 is 15.9 Å². The number of benzene rings is 1. The summed E-state index contributed by atoms with van der Waals surface area (Å²) in [6.07, 6.45) is 0. The van der Waals surface area contributed by atoms with Gasteiger partial charge < -0.3 is 9.47 Å². The topological polar surface area (TPSA) is 102 Å². The Morgan fingerprint density at radius 1 is 1.60 bits per heavy atom. The van der Waals surface area contributed by atoms with Gasteiger partial charge in [-0.25, -0.2) is 0 Å². The van der Waals surface area contributed by atoms with E-state index in [2.05, 4.69) is 15.9 Å². The van der Waals surface area contributed by atoms with E-state index in [0.717, 1.165) is 6.07 Å². The van der Waals surface area contributed by atoms with Gasteiger partial charge in [-0.1, -0.05) is 0 Å². The lowest BCUT2D eigenvalue weighted by molar-refractivity contribution is -0.385. The molecule has 0 aromatic heterocycles. The zero-order valence-electron chi connectivity index (χ0n) is 10.8. The monoisotopic (exact) mass is 342 g/mol. The van der Waals surface area contributed by atoms with Crippen LogP contribution in [0.3, 0.4) is 0 Å². The lowest BCUT2D eigenvalue weighted by Gasteiger charge is -2.13. The first-order chi connectivity index (χ1) is 9.46. The van der Waals surface area contributed by atoms with Gasteiger partial charge in [-0.3, -0.25) is 14.9 Å². The van der Waals surface area contributed by atoms with Crippen molar-refractivity contribution >= 4 is 27.6 Å². The second-order valence-corrected chi connectivity index (χ2v) is 4.47. The number of carbonyl (C=O) groups excluding carboxylic acids is 1. The highest BCUT2D eigenvalue weighted by Gasteiger charge is 2.28. The zero-order chi connectivity index (χ0) is 15.3. The van der Waals surface area contributed by atoms with E-state index in [0.29, 0.717) is 0 Å². The van der Waals surface area contributed by atoms with Gasteiger partial charge in [0, 0.05) is 5.56 Å². The third-order valence-electron chi connectivity index (χ3n) is 2.46. The number of hydrogen-bond donors (Lipinski definition) is 0. The van der Waals surface area contributed by atoms with Crippen molar-refractivity contribution in [1.82, 2.24) is 0 Å². The molecule has 106 valence electrons. The summed E-state index contributed by atoms with van der Waals surface area (Å²) in [4.78, 5) is 22.0. The lowest BCUT2D eigenvalue weighted by atomic mass is 9.99. The molecular weight excluding hydrogens is 332 g/mol. The van der Waals surface area contributed by atoms with Crippen molar-refractivity contribution in [2.75, 3.05) is 13.7 Å². The minimum absolute atomic E-state index is 0.0829. The predicted molar refractivity (Wildman–Crippen MR) is 72.3 cm³/mol. The van der Waals surface area contributed by atoms with Crippen molar-refractivity contribution in [3.8, 4) is 11.8 Å². The summed E-state index contributed by atoms with van der Waals surface area (Å²) >= 11 is 3.04. The summed E-state index contributed by atoms with van der Waals surface area (Å²) in [5.74, 6) is -1.85. The van der Waals surface area contributed by atoms with Crippen LogP contribution in [-0.2, 0) is 9.53 Å². The standard InChI is InChI=1S/C12H11BrN2O5/c1-3-20-12(16)8(6-14)7-4-9(13)10(15(17)18)5-11(7)19-2/h4-5,8H,3H2,1-2H3. The number of nitriles is 1. The van der Waals surface area contributed by atoms with E-state index in [1.54, 1.807) is 6.92 Å². The van der Waals surface area contributed by atoms with E-state index in [9.17, 15) is 14.9 Å². The Kier molecular flexibility index (Phi) is 5.46. The summed E-state index contributed by atoms with van der Waals surface area (Å²) in [5.41, 5.74) is -0.00271. The van der Waals surface area contributed by atoms with Crippen LogP contribution in [0.5, 0.6) is 5.75 Å². The Balaban J connectivity index is 3.36. The van der Waals surface area contributed by atoms with Crippen molar-refractivity contribution in [2.24, 2.45) is 0 Å². The molecule has 0 saturated heterocycles. The third kappa shape index (κ3) is 3.24. The molecule has 1 aromatic carbocycles. The van der Waals surface area contributed by atoms with Gasteiger partial charge >= 0.3 is 5.97 Å². The number of ether oxygens (including phenoxy) is 2. The molecule has 20 heavy (non-hydrogen) atoms. The van der Waals surface area contributed by atoms with Crippen LogP contribution in [0.4, 0.5) is 5.69 Å². The Morgan fingerprint density at radius 3 is 2.70 bits per heavy atom. The molecule has 0 spiro atoms. The molecule has 1 rings (SSSR count). The van der Waals surface area contributed by atoms with E-state index in [-0.39, 0.29) is 28.1 Å². The lowest BCUT2D eigenvalue weighted by Crippen LogP contribution is -2.15. The number of esters is 1. The number of nitrogens with zero attached hydrogens (tertiary/aromatic N) is 2. The molecule has 0 N–H and O–H groups in total. The van der Waals surface area contributed by atoms with Crippen molar-refractivity contribution in [2.45, 2.75) is 12.8 Å². The van der Waals surface area contributed by atoms with Gasteiger partial charge in [0.25, 0.3) is 5.69 Å². The Labute approximate surface area is 123 Å². The molecule has 0 aliphatic rings. The summed E-state index contributed by atoms with van der Waals surface area (Å²) in [7, 11) is 1.30. The number of nitro groups is 1. The zero-order valence-corrected chi connectivity index (χ0v) is 12.3. The van der Waals surface area contributed by atoms with Gasteiger partial charge in [0.15, 0.2) is 5.92 Å². The summed E-state index contributed by atoms with van der Waals surface area (Å²) in [6, 6.07) is 4.29. The predicted octanol–water partition coefficient (Wildman–Crippen LogP) is 2.54. The molecule has 1 unspecified atom stereocenters. The second kappa shape index (κ2) is 6.86. The molecule has 1 atom stereocenters. The fourth-order valence-electron chi connectivity index (χ4n) is 1.58. The molecule has 0 fully saturated rings. The van der Waals surface area contributed by atoms with Crippen LogP contribution < -0.4 is 4.74 Å². The molecule has 0 aliphatic heterocycles. The molecule has 0 amide bonds. The molecule has 0 aliphatic carbocycles. The highest BCUT2D eigenvalue weighted by Crippen LogP contribution is 2.36. The number of nitro benzene ring substituents is 1. The molecule has 8 heteroatoms. The minimum Gasteiger partial charge on any atom is -0.496 e. The maximum Gasteiger partial charge on any atom is 0.328 e. The van der Waals surface area contributed by atoms with Gasteiger partial charge in [-0.05, 0) is 28.9 Å². The molecule has 7 nitrogen and oxygen atoms in total. The van der Waals surface area contributed by atoms with Gasteiger partial charge in [-0.15, -0.1) is 0 Å². The van der Waals surface area contributed by atoms with Crippen molar-refractivity contribution < 1.29 is 19.2 Å². The summed E-state index contributed by atoms with van der Waals surface area (Å²) < 4.78 is 9.97. The second-order valence-electron chi connectivity index (χ2n) is 3.62. The Morgan fingerprint density at radius 2 is 2.25 bits per heavy atom. The largest absolute Gasteiger partial charge is 0.496 e. The van der Waals surface area contributed by atoms with E-state index < -0.39 is 16.8 Å². The van der Waals surface area contributed by atoms with Crippen molar-refractivity contribution in [3.05, 3.63) is 32.3 Å². The van der Waals surface area contributed by atoms with Crippen LogP contribution in [0.2, 0.25) is 0 Å². The van der Waals surface area contributed by atoms with E-state index in [1.165, 1.54) is 13.2 Å². The van der Waals surface area contributed by atoms with Gasteiger partial charge in [-0.2, -0.15) is 5.26 Å². The first-order valence-electron chi connectivity index (χ1n) is 5.54. The summed E-state index contributed by atoms with van der Waals surface area (Å²) in [5, 5.41) is 20.0. The molecule has 0 heterocycles. The number of carbonyl (C=O) groups is 1. The average molecular weight is 343 g/mol. The molecule has 0 saturated carbocycles. The maximum atomic E-state index is 11.7. The van der Waals surface area contributed by atoms with Crippen molar-refractivity contribution in [1.29, 1.82) is 5.26 Å². The maximum absolute atomic E-state index is 11.7. The van der Waals surface area contributed by atoms with Crippen molar-refractivity contribution in [3.63, 3.8) is 0 Å². The number of hydrogen-bond acceptors (Lipinski definition) is 6. The summed E-state index contributed by atoms with van der Waals surface area (Å²) in [6.45, 7) is 1.75. The van der Waals surface area contributed by atoms with Crippen LogP contribution in [-0.4, -0.2) is 24.6 Å².